The summed E-state index contributed by atoms with van der Waals surface area (Å²) in [5, 5.41) is 12.0. The Morgan fingerprint density at radius 2 is 1.29 bits per heavy atom. The lowest BCUT2D eigenvalue weighted by molar-refractivity contribution is -0.144. The van der Waals surface area contributed by atoms with Crippen molar-refractivity contribution in [1.82, 2.24) is 0 Å². The smallest absolute Gasteiger partial charge is 0.335 e. The molecule has 0 spiro atoms. The van der Waals surface area contributed by atoms with Crippen LogP contribution in [0.4, 0.5) is 0 Å². The Hall–Kier alpha value is -3.70. The first-order valence-corrected chi connectivity index (χ1v) is 20.1. The van der Waals surface area contributed by atoms with E-state index in [-0.39, 0.29) is 24.7 Å². The molecule has 5 heteroatoms. The lowest BCUT2D eigenvalue weighted by atomic mass is 9.75. The zero-order chi connectivity index (χ0) is 36.9. The molecule has 280 valence electrons. The van der Waals surface area contributed by atoms with Gasteiger partial charge in [-0.05, 0) is 121 Å². The van der Waals surface area contributed by atoms with Crippen LogP contribution in [0.2, 0.25) is 0 Å². The number of aliphatic hydroxyl groups is 1. The maximum absolute atomic E-state index is 12.1. The number of carbonyl (C=O) groups excluding carboxylic acids is 2. The van der Waals surface area contributed by atoms with Gasteiger partial charge < -0.3 is 14.6 Å². The van der Waals surface area contributed by atoms with Crippen molar-refractivity contribution in [1.29, 1.82) is 0 Å². The third-order valence-corrected chi connectivity index (χ3v) is 11.8. The second kappa shape index (κ2) is 19.9. The Kier molecular flexibility index (Phi) is 15.2. The van der Waals surface area contributed by atoms with Crippen molar-refractivity contribution in [3.8, 4) is 0 Å². The molecule has 0 amide bonds. The van der Waals surface area contributed by atoms with Crippen molar-refractivity contribution in [3.63, 3.8) is 0 Å². The number of rotatable bonds is 18. The second-order valence-corrected chi connectivity index (χ2v) is 16.0. The van der Waals surface area contributed by atoms with Crippen LogP contribution in [0.1, 0.15) is 131 Å². The van der Waals surface area contributed by atoms with Gasteiger partial charge in [0, 0.05) is 11.5 Å². The summed E-state index contributed by atoms with van der Waals surface area (Å²) in [4.78, 5) is 24.1. The second-order valence-electron chi connectivity index (χ2n) is 16.0. The molecule has 0 saturated heterocycles. The van der Waals surface area contributed by atoms with E-state index in [4.69, 9.17) is 9.47 Å². The van der Waals surface area contributed by atoms with Crippen LogP contribution in [0.25, 0.3) is 10.8 Å². The number of hydrogen-bond acceptors (Lipinski definition) is 5. The van der Waals surface area contributed by atoms with Crippen molar-refractivity contribution < 1.29 is 24.2 Å². The fourth-order valence-corrected chi connectivity index (χ4v) is 8.48. The van der Waals surface area contributed by atoms with Crippen LogP contribution in [-0.2, 0) is 31.9 Å². The van der Waals surface area contributed by atoms with Crippen LogP contribution < -0.4 is 0 Å². The standard InChI is InChI=1S/C47H62O5/c1-5-6-7-8-37-17-20-45-29-44(26-25-43(45)28-37)42-23-21-41(22-24-42)40-18-15-36(16-19-40)10-9-35-11-13-38(14-12-35)27-39(31-51-46(49)33(2)3)32-52-47(50)34(4)30-48/h15-20,25-26,28-29,35,38-39,41-42,48H,2,4-14,21-24,27,30-32H2,1,3H3. The number of ether oxygens (including phenoxy) is 2. The van der Waals surface area contributed by atoms with Gasteiger partial charge in [-0.2, -0.15) is 0 Å². The molecule has 2 aliphatic carbocycles. The molecule has 5 nitrogen and oxygen atoms in total. The maximum Gasteiger partial charge on any atom is 0.335 e. The molecule has 1 unspecified atom stereocenters. The summed E-state index contributed by atoms with van der Waals surface area (Å²) in [6.45, 7) is 11.0. The van der Waals surface area contributed by atoms with Crippen molar-refractivity contribution in [2.75, 3.05) is 19.8 Å². The Balaban J connectivity index is 1.03. The highest BCUT2D eigenvalue weighted by molar-refractivity contribution is 5.88. The fraction of sp³-hybridized carbons (Fsp3) is 0.532. The average Bonchev–Trinajstić information content (AvgIpc) is 3.18. The van der Waals surface area contributed by atoms with Crippen LogP contribution in [-0.4, -0.2) is 36.9 Å². The van der Waals surface area contributed by atoms with Crippen LogP contribution in [0.5, 0.6) is 0 Å². The predicted octanol–water partition coefficient (Wildman–Crippen LogP) is 11.0. The summed E-state index contributed by atoms with van der Waals surface area (Å²) in [6.07, 6.45) is 17.9. The number of fused-ring (bicyclic) bond motifs is 1. The number of carbonyl (C=O) groups is 2. The lowest BCUT2D eigenvalue weighted by Crippen LogP contribution is -2.26. The van der Waals surface area contributed by atoms with E-state index in [1.165, 1.54) is 104 Å². The summed E-state index contributed by atoms with van der Waals surface area (Å²) in [5.41, 5.74) is 6.31. The van der Waals surface area contributed by atoms with Gasteiger partial charge in [0.15, 0.2) is 0 Å². The highest BCUT2D eigenvalue weighted by Crippen LogP contribution is 2.41. The molecule has 0 radical (unpaired) electrons. The van der Waals surface area contributed by atoms with Gasteiger partial charge in [-0.3, -0.25) is 0 Å². The lowest BCUT2D eigenvalue weighted by Gasteiger charge is -2.31. The minimum atomic E-state index is -0.606. The molecule has 5 rings (SSSR count). The summed E-state index contributed by atoms with van der Waals surface area (Å²) in [5.74, 6) is 1.43. The van der Waals surface area contributed by atoms with E-state index in [0.29, 0.717) is 23.3 Å². The van der Waals surface area contributed by atoms with Gasteiger partial charge >= 0.3 is 11.9 Å². The van der Waals surface area contributed by atoms with E-state index in [1.807, 2.05) is 0 Å². The topological polar surface area (TPSA) is 72.8 Å². The molecule has 2 saturated carbocycles. The molecule has 0 aliphatic heterocycles. The van der Waals surface area contributed by atoms with Gasteiger partial charge in [0.25, 0.3) is 0 Å². The van der Waals surface area contributed by atoms with Crippen LogP contribution in [0.3, 0.4) is 0 Å². The fourth-order valence-electron chi connectivity index (χ4n) is 8.48. The van der Waals surface area contributed by atoms with E-state index in [1.54, 1.807) is 6.92 Å². The Morgan fingerprint density at radius 3 is 1.94 bits per heavy atom. The predicted molar refractivity (Wildman–Crippen MR) is 212 cm³/mol. The van der Waals surface area contributed by atoms with E-state index in [9.17, 15) is 14.7 Å². The van der Waals surface area contributed by atoms with Crippen molar-refractivity contribution in [2.45, 2.75) is 122 Å². The Morgan fingerprint density at radius 1 is 0.712 bits per heavy atom. The molecule has 3 aromatic rings. The molecule has 52 heavy (non-hydrogen) atoms. The first-order chi connectivity index (χ1) is 25.2. The highest BCUT2D eigenvalue weighted by Gasteiger charge is 2.27. The van der Waals surface area contributed by atoms with Gasteiger partial charge in [-0.1, -0.05) is 119 Å². The van der Waals surface area contributed by atoms with Crippen LogP contribution in [0, 0.1) is 17.8 Å². The number of aryl methyl sites for hydroxylation is 2. The van der Waals surface area contributed by atoms with Gasteiger partial charge in [-0.15, -0.1) is 0 Å². The number of aliphatic hydroxyl groups excluding tert-OH is 1. The quantitative estimate of drug-likeness (QED) is 0.0810. The monoisotopic (exact) mass is 706 g/mol. The van der Waals surface area contributed by atoms with Gasteiger partial charge in [0.05, 0.1) is 25.4 Å². The van der Waals surface area contributed by atoms with Crippen LogP contribution in [0.15, 0.2) is 85.0 Å². The van der Waals surface area contributed by atoms with Crippen molar-refractivity contribution >= 4 is 22.7 Å². The number of hydrogen-bond donors (Lipinski definition) is 1. The molecule has 0 bridgehead atoms. The Labute approximate surface area is 312 Å². The molecule has 0 aromatic heterocycles. The Bertz CT molecular complexity index is 1620. The van der Waals surface area contributed by atoms with E-state index >= 15 is 0 Å². The first-order valence-electron chi connectivity index (χ1n) is 20.1. The largest absolute Gasteiger partial charge is 0.462 e. The molecule has 2 fully saturated rings. The minimum Gasteiger partial charge on any atom is -0.462 e. The zero-order valence-electron chi connectivity index (χ0n) is 31.9. The van der Waals surface area contributed by atoms with Gasteiger partial charge in [0.1, 0.15) is 0 Å². The molecule has 3 aromatic carbocycles. The summed E-state index contributed by atoms with van der Waals surface area (Å²) >= 11 is 0. The summed E-state index contributed by atoms with van der Waals surface area (Å²) in [6, 6.07) is 23.8. The molecule has 1 N–H and O–H groups in total. The number of esters is 2. The average molecular weight is 707 g/mol. The highest BCUT2D eigenvalue weighted by atomic mass is 16.5. The minimum absolute atomic E-state index is 0.0267. The summed E-state index contributed by atoms with van der Waals surface area (Å²) in [7, 11) is 0. The molecule has 2 aliphatic rings. The molecular weight excluding hydrogens is 645 g/mol. The van der Waals surface area contributed by atoms with Crippen molar-refractivity contribution in [3.05, 3.63) is 107 Å². The van der Waals surface area contributed by atoms with Gasteiger partial charge in [0.2, 0.25) is 0 Å². The van der Waals surface area contributed by atoms with Crippen LogP contribution >= 0.6 is 0 Å². The van der Waals surface area contributed by atoms with Gasteiger partial charge in [-0.25, -0.2) is 9.59 Å². The molecule has 1 atom stereocenters. The number of benzene rings is 3. The normalized spacial score (nSPS) is 21.0. The van der Waals surface area contributed by atoms with E-state index in [0.717, 1.165) is 31.6 Å². The first kappa shape index (κ1) is 39.5. The van der Waals surface area contributed by atoms with Crippen molar-refractivity contribution in [2.24, 2.45) is 17.8 Å². The molecular formula is C47H62O5. The number of unbranched alkanes of at least 4 members (excludes halogenated alkanes) is 2. The zero-order valence-corrected chi connectivity index (χ0v) is 31.9. The third-order valence-electron chi connectivity index (χ3n) is 11.8. The summed E-state index contributed by atoms with van der Waals surface area (Å²) < 4.78 is 10.8. The molecule has 0 heterocycles. The SMILES string of the molecule is C=C(C)C(=O)OCC(COC(=O)C(=C)CO)CC1CCC(CCc2ccc(C3CCC(c4ccc5cc(CCCCC)ccc5c4)CC3)cc2)CC1. The third kappa shape index (κ3) is 11.7. The maximum atomic E-state index is 12.1. The van der Waals surface area contributed by atoms with E-state index < -0.39 is 18.5 Å². The van der Waals surface area contributed by atoms with E-state index in [2.05, 4.69) is 80.7 Å².